The van der Waals surface area contributed by atoms with Crippen LogP contribution in [0.2, 0.25) is 0 Å². The zero-order chi connectivity index (χ0) is 20.6. The summed E-state index contributed by atoms with van der Waals surface area (Å²) in [4.78, 5) is 15.8. The molecule has 154 valence electrons. The molecule has 1 heterocycles. The maximum atomic E-state index is 11.4. The lowest BCUT2D eigenvalue weighted by molar-refractivity contribution is -0.139. The van der Waals surface area contributed by atoms with Crippen molar-refractivity contribution in [1.82, 2.24) is 15.6 Å². The van der Waals surface area contributed by atoms with Gasteiger partial charge >= 0.3 is 5.97 Å². The molecular formula is C22H27N3O4. The van der Waals surface area contributed by atoms with E-state index in [1.807, 2.05) is 62.4 Å². The molecule has 3 aromatic rings. The number of rotatable bonds is 11. The van der Waals surface area contributed by atoms with Crippen LogP contribution in [0.25, 0.3) is 11.1 Å². The second kappa shape index (κ2) is 10.0. The molecule has 0 radical (unpaired) electrons. The van der Waals surface area contributed by atoms with Crippen molar-refractivity contribution in [3.05, 3.63) is 60.0 Å². The number of ether oxygens (including phenoxy) is 1. The highest BCUT2D eigenvalue weighted by molar-refractivity contribution is 5.74. The van der Waals surface area contributed by atoms with Gasteiger partial charge in [-0.3, -0.25) is 4.79 Å². The molecule has 0 aliphatic heterocycles. The van der Waals surface area contributed by atoms with E-state index < -0.39 is 12.0 Å². The first-order valence-corrected chi connectivity index (χ1v) is 9.77. The van der Waals surface area contributed by atoms with Crippen LogP contribution in [0, 0.1) is 0 Å². The second-order valence-corrected chi connectivity index (χ2v) is 7.16. The van der Waals surface area contributed by atoms with Crippen molar-refractivity contribution >= 4 is 17.1 Å². The molecule has 7 heteroatoms. The highest BCUT2D eigenvalue weighted by Crippen LogP contribution is 2.15. The van der Waals surface area contributed by atoms with Crippen LogP contribution in [-0.2, 0) is 17.8 Å². The van der Waals surface area contributed by atoms with Gasteiger partial charge in [0.05, 0.1) is 6.54 Å². The maximum Gasteiger partial charge on any atom is 0.321 e. The van der Waals surface area contributed by atoms with E-state index >= 15 is 0 Å². The quantitative estimate of drug-likeness (QED) is 0.428. The van der Waals surface area contributed by atoms with Crippen LogP contribution >= 0.6 is 0 Å². The van der Waals surface area contributed by atoms with Gasteiger partial charge in [-0.2, -0.15) is 0 Å². The van der Waals surface area contributed by atoms with E-state index in [0.717, 1.165) is 22.4 Å². The Morgan fingerprint density at radius 3 is 2.62 bits per heavy atom. The molecule has 2 aromatic carbocycles. The molecule has 0 spiro atoms. The lowest BCUT2D eigenvalue weighted by Gasteiger charge is -2.17. The number of nitrogens with one attached hydrogen (secondary N) is 2. The Balaban J connectivity index is 1.40. The third kappa shape index (κ3) is 6.30. The fraction of sp³-hybridized carbons (Fsp3) is 0.364. The number of carboxylic acid groups (broad SMARTS) is 1. The first kappa shape index (κ1) is 20.8. The SMILES string of the molecule is CC(C)NC(Cc1ccc(OCCNCc2nc3ccccc3o2)cc1)C(=O)O. The fourth-order valence-electron chi connectivity index (χ4n) is 3.01. The first-order chi connectivity index (χ1) is 14.0. The predicted octanol–water partition coefficient (Wildman–Crippen LogP) is 2.99. The molecule has 1 unspecified atom stereocenters. The fourth-order valence-corrected chi connectivity index (χ4v) is 3.01. The molecule has 0 saturated carbocycles. The van der Waals surface area contributed by atoms with Crippen LogP contribution < -0.4 is 15.4 Å². The average Bonchev–Trinajstić information content (AvgIpc) is 3.11. The molecule has 0 amide bonds. The van der Waals surface area contributed by atoms with Crippen molar-refractivity contribution in [3.63, 3.8) is 0 Å². The molecule has 0 fully saturated rings. The van der Waals surface area contributed by atoms with Gasteiger partial charge in [0.2, 0.25) is 5.89 Å². The average molecular weight is 397 g/mol. The number of benzene rings is 2. The third-order valence-electron chi connectivity index (χ3n) is 4.36. The molecule has 3 N–H and O–H groups in total. The maximum absolute atomic E-state index is 11.4. The molecule has 0 saturated heterocycles. The van der Waals surface area contributed by atoms with Crippen LogP contribution in [-0.4, -0.2) is 41.3 Å². The van der Waals surface area contributed by atoms with Crippen molar-refractivity contribution in [2.24, 2.45) is 0 Å². The van der Waals surface area contributed by atoms with Crippen LogP contribution in [0.5, 0.6) is 5.75 Å². The number of para-hydroxylation sites is 2. The Bertz CT molecular complexity index is 888. The van der Waals surface area contributed by atoms with Gasteiger partial charge in [-0.1, -0.05) is 38.1 Å². The largest absolute Gasteiger partial charge is 0.492 e. The van der Waals surface area contributed by atoms with Crippen LogP contribution in [0.4, 0.5) is 0 Å². The second-order valence-electron chi connectivity index (χ2n) is 7.16. The van der Waals surface area contributed by atoms with E-state index in [1.54, 1.807) is 0 Å². The minimum atomic E-state index is -0.843. The highest BCUT2D eigenvalue weighted by Gasteiger charge is 2.18. The van der Waals surface area contributed by atoms with Gasteiger partial charge in [0.15, 0.2) is 5.58 Å². The number of hydrogen-bond acceptors (Lipinski definition) is 6. The summed E-state index contributed by atoms with van der Waals surface area (Å²) in [6.45, 7) is 5.57. The summed E-state index contributed by atoms with van der Waals surface area (Å²) in [6, 6.07) is 14.7. The van der Waals surface area contributed by atoms with Crippen LogP contribution in [0.3, 0.4) is 0 Å². The zero-order valence-electron chi connectivity index (χ0n) is 16.7. The Morgan fingerprint density at radius 2 is 1.93 bits per heavy atom. The Kier molecular flexibility index (Phi) is 7.21. The first-order valence-electron chi connectivity index (χ1n) is 9.77. The highest BCUT2D eigenvalue weighted by atomic mass is 16.5. The molecule has 1 aromatic heterocycles. The van der Waals surface area contributed by atoms with Gasteiger partial charge in [0, 0.05) is 12.6 Å². The topological polar surface area (TPSA) is 96.6 Å². The van der Waals surface area contributed by atoms with Gasteiger partial charge in [0.25, 0.3) is 0 Å². The number of aliphatic carboxylic acids is 1. The van der Waals surface area contributed by atoms with Crippen molar-refractivity contribution < 1.29 is 19.1 Å². The number of carboxylic acids is 1. The van der Waals surface area contributed by atoms with Gasteiger partial charge in [-0.15, -0.1) is 0 Å². The van der Waals surface area contributed by atoms with Gasteiger partial charge in [-0.05, 0) is 36.2 Å². The molecule has 7 nitrogen and oxygen atoms in total. The summed E-state index contributed by atoms with van der Waals surface area (Å²) in [5.41, 5.74) is 2.59. The molecule has 0 aliphatic rings. The van der Waals surface area contributed by atoms with E-state index in [1.165, 1.54) is 0 Å². The monoisotopic (exact) mass is 397 g/mol. The van der Waals surface area contributed by atoms with E-state index in [9.17, 15) is 9.90 Å². The van der Waals surface area contributed by atoms with Crippen LogP contribution in [0.15, 0.2) is 52.9 Å². The predicted molar refractivity (Wildman–Crippen MR) is 111 cm³/mol. The Morgan fingerprint density at radius 1 is 1.17 bits per heavy atom. The zero-order valence-corrected chi connectivity index (χ0v) is 16.7. The number of aromatic nitrogens is 1. The van der Waals surface area contributed by atoms with Crippen molar-refractivity contribution in [2.75, 3.05) is 13.2 Å². The Labute approximate surface area is 170 Å². The summed E-state index contributed by atoms with van der Waals surface area (Å²) in [5, 5.41) is 15.6. The molecule has 3 rings (SSSR count). The number of oxazole rings is 1. The van der Waals surface area contributed by atoms with E-state index in [2.05, 4.69) is 15.6 Å². The number of nitrogens with zero attached hydrogens (tertiary/aromatic N) is 1. The third-order valence-corrected chi connectivity index (χ3v) is 4.36. The lowest BCUT2D eigenvalue weighted by atomic mass is 10.1. The smallest absolute Gasteiger partial charge is 0.321 e. The lowest BCUT2D eigenvalue weighted by Crippen LogP contribution is -2.42. The van der Waals surface area contributed by atoms with Gasteiger partial charge in [0.1, 0.15) is 23.9 Å². The Hall–Kier alpha value is -2.90. The molecule has 29 heavy (non-hydrogen) atoms. The number of hydrogen-bond donors (Lipinski definition) is 3. The van der Waals surface area contributed by atoms with E-state index in [4.69, 9.17) is 9.15 Å². The summed E-state index contributed by atoms with van der Waals surface area (Å²) < 4.78 is 11.4. The molecule has 0 aliphatic carbocycles. The minimum Gasteiger partial charge on any atom is -0.492 e. The van der Waals surface area contributed by atoms with Crippen molar-refractivity contribution in [2.45, 2.75) is 38.9 Å². The summed E-state index contributed by atoms with van der Waals surface area (Å²) in [7, 11) is 0. The van der Waals surface area contributed by atoms with E-state index in [0.29, 0.717) is 32.0 Å². The summed E-state index contributed by atoms with van der Waals surface area (Å²) >= 11 is 0. The van der Waals surface area contributed by atoms with Crippen molar-refractivity contribution in [1.29, 1.82) is 0 Å². The van der Waals surface area contributed by atoms with E-state index in [-0.39, 0.29) is 6.04 Å². The number of fused-ring (bicyclic) bond motifs is 1. The van der Waals surface area contributed by atoms with Gasteiger partial charge in [-0.25, -0.2) is 4.98 Å². The van der Waals surface area contributed by atoms with Crippen LogP contribution in [0.1, 0.15) is 25.3 Å². The standard InChI is InChI=1S/C22H27N3O4/c1-15(2)24-19(22(26)27)13-16-7-9-17(10-8-16)28-12-11-23-14-21-25-18-5-3-4-6-20(18)29-21/h3-10,15,19,23-24H,11-14H2,1-2H3,(H,26,27). The molecule has 0 bridgehead atoms. The summed E-state index contributed by atoms with van der Waals surface area (Å²) in [5.74, 6) is 0.559. The summed E-state index contributed by atoms with van der Waals surface area (Å²) in [6.07, 6.45) is 0.430. The molecule has 1 atom stereocenters. The normalized spacial score (nSPS) is 12.4. The van der Waals surface area contributed by atoms with Gasteiger partial charge < -0.3 is 24.9 Å². The van der Waals surface area contributed by atoms with Crippen molar-refractivity contribution in [3.8, 4) is 5.75 Å². The number of carbonyl (C=O) groups is 1. The minimum absolute atomic E-state index is 0.112. The molecular weight excluding hydrogens is 370 g/mol.